The summed E-state index contributed by atoms with van der Waals surface area (Å²) in [4.78, 5) is 33.7. The van der Waals surface area contributed by atoms with Gasteiger partial charge in [0.2, 0.25) is 0 Å². The lowest BCUT2D eigenvalue weighted by Gasteiger charge is -2.30. The predicted octanol–water partition coefficient (Wildman–Crippen LogP) is 3.73. The highest BCUT2D eigenvalue weighted by molar-refractivity contribution is 5.68. The first-order valence-electron chi connectivity index (χ1n) is 10.3. The minimum atomic E-state index is -4.43. The number of fused-ring (bicyclic) bond motifs is 1. The summed E-state index contributed by atoms with van der Waals surface area (Å²) in [5.41, 5.74) is -0.0873. The second-order valence-corrected chi connectivity index (χ2v) is 8.95. The SMILES string of the molecule is CC(CN1CCc2c(nc(-c3ccc(C(F)(F)F)cc3)[nH]c2=O)C1)NC(=O)OC(C)(C)C. The third-order valence-corrected chi connectivity index (χ3v) is 4.93. The lowest BCUT2D eigenvalue weighted by atomic mass is 10.0. The molecule has 0 fully saturated rings. The number of aromatic amines is 1. The number of halogens is 3. The quantitative estimate of drug-likeness (QED) is 0.738. The van der Waals surface area contributed by atoms with Crippen LogP contribution in [0.25, 0.3) is 11.4 Å². The summed E-state index contributed by atoms with van der Waals surface area (Å²) in [6.45, 7) is 8.77. The lowest BCUT2D eigenvalue weighted by molar-refractivity contribution is -0.137. The molecule has 0 saturated carbocycles. The van der Waals surface area contributed by atoms with Crippen LogP contribution in [0.2, 0.25) is 0 Å². The molecule has 174 valence electrons. The van der Waals surface area contributed by atoms with Crippen LogP contribution in [0.3, 0.4) is 0 Å². The maximum Gasteiger partial charge on any atom is 0.416 e. The summed E-state index contributed by atoms with van der Waals surface area (Å²) in [6, 6.07) is 4.32. The molecule has 0 bridgehead atoms. The van der Waals surface area contributed by atoms with Crippen LogP contribution in [-0.2, 0) is 23.9 Å². The van der Waals surface area contributed by atoms with Gasteiger partial charge in [0.05, 0.1) is 11.3 Å². The molecule has 0 saturated heterocycles. The second-order valence-electron chi connectivity index (χ2n) is 8.95. The molecule has 1 aromatic carbocycles. The van der Waals surface area contributed by atoms with Crippen LogP contribution < -0.4 is 10.9 Å². The van der Waals surface area contributed by atoms with Crippen molar-refractivity contribution in [1.82, 2.24) is 20.2 Å². The standard InChI is InChI=1S/C22H27F3N4O3/c1-13(26-20(31)32-21(2,3)4)11-29-10-9-16-17(12-29)27-18(28-19(16)30)14-5-7-15(8-6-14)22(23,24)25/h5-8,13H,9-12H2,1-4H3,(H,26,31)(H,27,28,30). The highest BCUT2D eigenvalue weighted by Crippen LogP contribution is 2.30. The number of aromatic nitrogens is 2. The highest BCUT2D eigenvalue weighted by Gasteiger charge is 2.30. The lowest BCUT2D eigenvalue weighted by Crippen LogP contribution is -2.46. The largest absolute Gasteiger partial charge is 0.444 e. The van der Waals surface area contributed by atoms with Crippen molar-refractivity contribution in [3.63, 3.8) is 0 Å². The molecule has 2 heterocycles. The molecule has 2 N–H and O–H groups in total. The van der Waals surface area contributed by atoms with Crippen LogP contribution in [-0.4, -0.2) is 45.7 Å². The molecule has 32 heavy (non-hydrogen) atoms. The Morgan fingerprint density at radius 1 is 1.25 bits per heavy atom. The van der Waals surface area contributed by atoms with Crippen LogP contribution in [0.15, 0.2) is 29.1 Å². The molecule has 0 spiro atoms. The third-order valence-electron chi connectivity index (χ3n) is 4.93. The minimum absolute atomic E-state index is 0.192. The number of ether oxygens (including phenoxy) is 1. The number of hydrogen-bond donors (Lipinski definition) is 2. The molecule has 1 atom stereocenters. The maximum atomic E-state index is 12.8. The Hall–Kier alpha value is -2.88. The van der Waals surface area contributed by atoms with E-state index < -0.39 is 23.4 Å². The van der Waals surface area contributed by atoms with Crippen LogP contribution in [0.1, 0.15) is 44.5 Å². The van der Waals surface area contributed by atoms with Gasteiger partial charge in [-0.05, 0) is 46.2 Å². The monoisotopic (exact) mass is 452 g/mol. The van der Waals surface area contributed by atoms with Crippen LogP contribution in [0.4, 0.5) is 18.0 Å². The third kappa shape index (κ3) is 6.09. The van der Waals surface area contributed by atoms with Gasteiger partial charge in [-0.15, -0.1) is 0 Å². The van der Waals surface area contributed by atoms with E-state index in [4.69, 9.17) is 4.74 Å². The normalized spacial score (nSPS) is 15.7. The molecule has 0 radical (unpaired) electrons. The van der Waals surface area contributed by atoms with E-state index in [-0.39, 0.29) is 17.4 Å². The van der Waals surface area contributed by atoms with E-state index in [1.54, 1.807) is 20.8 Å². The van der Waals surface area contributed by atoms with Gasteiger partial charge in [0.15, 0.2) is 0 Å². The van der Waals surface area contributed by atoms with Crippen molar-refractivity contribution in [3.05, 3.63) is 51.4 Å². The average molecular weight is 452 g/mol. The van der Waals surface area contributed by atoms with E-state index >= 15 is 0 Å². The zero-order valence-corrected chi connectivity index (χ0v) is 18.5. The molecule has 1 aromatic heterocycles. The van der Waals surface area contributed by atoms with Crippen LogP contribution >= 0.6 is 0 Å². The first-order valence-corrected chi connectivity index (χ1v) is 10.3. The predicted molar refractivity (Wildman–Crippen MR) is 113 cm³/mol. The average Bonchev–Trinajstić information content (AvgIpc) is 2.65. The van der Waals surface area contributed by atoms with Crippen LogP contribution in [0.5, 0.6) is 0 Å². The van der Waals surface area contributed by atoms with Crippen molar-refractivity contribution in [2.75, 3.05) is 13.1 Å². The second kappa shape index (κ2) is 8.93. The summed E-state index contributed by atoms with van der Waals surface area (Å²) in [6.07, 6.45) is -4.44. The summed E-state index contributed by atoms with van der Waals surface area (Å²) < 4.78 is 43.7. The number of hydrogen-bond acceptors (Lipinski definition) is 5. The van der Waals surface area contributed by atoms with E-state index in [1.807, 2.05) is 6.92 Å². The fraction of sp³-hybridized carbons (Fsp3) is 0.500. The Labute approximate surface area is 184 Å². The minimum Gasteiger partial charge on any atom is -0.444 e. The van der Waals surface area contributed by atoms with Gasteiger partial charge in [-0.3, -0.25) is 9.69 Å². The van der Waals surface area contributed by atoms with Crippen molar-refractivity contribution in [2.24, 2.45) is 0 Å². The molecular weight excluding hydrogens is 425 g/mol. The van der Waals surface area contributed by atoms with Gasteiger partial charge in [0.1, 0.15) is 11.4 Å². The van der Waals surface area contributed by atoms with Crippen molar-refractivity contribution >= 4 is 6.09 Å². The number of amides is 1. The number of H-pyrrole nitrogens is 1. The maximum absolute atomic E-state index is 12.8. The summed E-state index contributed by atoms with van der Waals surface area (Å²) in [5.74, 6) is 0.226. The molecule has 1 unspecified atom stereocenters. The summed E-state index contributed by atoms with van der Waals surface area (Å²) >= 11 is 0. The topological polar surface area (TPSA) is 87.3 Å². The number of rotatable bonds is 4. The van der Waals surface area contributed by atoms with Gasteiger partial charge in [0, 0.05) is 36.8 Å². The van der Waals surface area contributed by atoms with Gasteiger partial charge < -0.3 is 15.0 Å². The Bertz CT molecular complexity index is 1030. The molecule has 0 aliphatic carbocycles. The zero-order chi connectivity index (χ0) is 23.7. The number of carbonyl (C=O) groups is 1. The summed E-state index contributed by atoms with van der Waals surface area (Å²) in [7, 11) is 0. The molecule has 1 aliphatic rings. The number of carbonyl (C=O) groups excluding carboxylic acids is 1. The van der Waals surface area contributed by atoms with E-state index in [9.17, 15) is 22.8 Å². The smallest absolute Gasteiger partial charge is 0.416 e. The number of alkyl halides is 3. The molecule has 3 rings (SSSR count). The fourth-order valence-corrected chi connectivity index (χ4v) is 3.55. The van der Waals surface area contributed by atoms with Crippen molar-refractivity contribution < 1.29 is 22.7 Å². The van der Waals surface area contributed by atoms with E-state index in [2.05, 4.69) is 20.2 Å². The number of alkyl carbamates (subject to hydrolysis) is 1. The fourth-order valence-electron chi connectivity index (χ4n) is 3.55. The first-order chi connectivity index (χ1) is 14.8. The Kier molecular flexibility index (Phi) is 6.64. The van der Waals surface area contributed by atoms with Crippen molar-refractivity contribution in [2.45, 2.75) is 58.5 Å². The molecule has 1 aliphatic heterocycles. The molecule has 10 heteroatoms. The Balaban J connectivity index is 1.71. The van der Waals surface area contributed by atoms with E-state index in [0.29, 0.717) is 42.9 Å². The number of nitrogens with one attached hydrogen (secondary N) is 2. The summed E-state index contributed by atoms with van der Waals surface area (Å²) in [5, 5.41) is 2.79. The first kappa shape index (κ1) is 23.8. The highest BCUT2D eigenvalue weighted by atomic mass is 19.4. The Morgan fingerprint density at radius 2 is 1.91 bits per heavy atom. The van der Waals surface area contributed by atoms with E-state index in [0.717, 1.165) is 12.1 Å². The van der Waals surface area contributed by atoms with E-state index in [1.165, 1.54) is 12.1 Å². The van der Waals surface area contributed by atoms with Crippen LogP contribution in [0, 0.1) is 0 Å². The van der Waals surface area contributed by atoms with Crippen molar-refractivity contribution in [1.29, 1.82) is 0 Å². The van der Waals surface area contributed by atoms with Gasteiger partial charge in [-0.2, -0.15) is 13.2 Å². The zero-order valence-electron chi connectivity index (χ0n) is 18.5. The number of nitrogens with zero attached hydrogens (tertiary/aromatic N) is 2. The van der Waals surface area contributed by atoms with Gasteiger partial charge in [-0.25, -0.2) is 9.78 Å². The Morgan fingerprint density at radius 3 is 2.50 bits per heavy atom. The molecule has 7 nitrogen and oxygen atoms in total. The van der Waals surface area contributed by atoms with Crippen molar-refractivity contribution in [3.8, 4) is 11.4 Å². The van der Waals surface area contributed by atoms with Gasteiger partial charge in [0.25, 0.3) is 5.56 Å². The molecular formula is C22H27F3N4O3. The molecule has 1 amide bonds. The molecule has 2 aromatic rings. The van der Waals surface area contributed by atoms with Gasteiger partial charge in [-0.1, -0.05) is 12.1 Å². The number of benzene rings is 1. The van der Waals surface area contributed by atoms with Gasteiger partial charge >= 0.3 is 12.3 Å².